The van der Waals surface area contributed by atoms with Gasteiger partial charge in [-0.15, -0.1) is 0 Å². The Balaban J connectivity index is 1.70. The van der Waals surface area contributed by atoms with Crippen molar-refractivity contribution in [1.29, 1.82) is 0 Å². The SMILES string of the molecule is CN(C)c1cc(CC2COCCN(C(=O)c3ccncc3)C2)ncn1. The van der Waals surface area contributed by atoms with Crippen LogP contribution in [0.4, 0.5) is 5.82 Å². The lowest BCUT2D eigenvalue weighted by atomic mass is 10.0. The smallest absolute Gasteiger partial charge is 0.254 e. The third-order valence-corrected chi connectivity index (χ3v) is 4.22. The number of anilines is 1. The van der Waals surface area contributed by atoms with Gasteiger partial charge in [-0.25, -0.2) is 9.97 Å². The number of ether oxygens (including phenoxy) is 1. The van der Waals surface area contributed by atoms with Gasteiger partial charge in [0.05, 0.1) is 13.2 Å². The molecule has 0 aromatic carbocycles. The number of amides is 1. The molecule has 3 rings (SSSR count). The van der Waals surface area contributed by atoms with E-state index in [1.165, 1.54) is 0 Å². The van der Waals surface area contributed by atoms with Crippen molar-refractivity contribution < 1.29 is 9.53 Å². The molecule has 1 atom stereocenters. The highest BCUT2D eigenvalue weighted by atomic mass is 16.5. The van der Waals surface area contributed by atoms with Crippen molar-refractivity contribution in [2.45, 2.75) is 6.42 Å². The lowest BCUT2D eigenvalue weighted by Gasteiger charge is -2.23. The second kappa shape index (κ2) is 8.02. The van der Waals surface area contributed by atoms with Gasteiger partial charge >= 0.3 is 0 Å². The number of carbonyl (C=O) groups excluding carboxylic acids is 1. The Kier molecular flexibility index (Phi) is 5.55. The van der Waals surface area contributed by atoms with Crippen molar-refractivity contribution in [3.05, 3.63) is 48.2 Å². The van der Waals surface area contributed by atoms with Gasteiger partial charge in [-0.05, 0) is 18.6 Å². The first kappa shape index (κ1) is 17.3. The normalized spacial score (nSPS) is 17.8. The zero-order chi connectivity index (χ0) is 17.6. The topological polar surface area (TPSA) is 71.5 Å². The second-order valence-electron chi connectivity index (χ2n) is 6.39. The van der Waals surface area contributed by atoms with E-state index in [4.69, 9.17) is 4.74 Å². The van der Waals surface area contributed by atoms with Crippen LogP contribution in [-0.2, 0) is 11.2 Å². The molecule has 0 bridgehead atoms. The molecule has 0 spiro atoms. The maximum atomic E-state index is 12.7. The molecule has 2 aromatic heterocycles. The lowest BCUT2D eigenvalue weighted by Crippen LogP contribution is -2.36. The Hall–Kier alpha value is -2.54. The molecule has 1 amide bonds. The summed E-state index contributed by atoms with van der Waals surface area (Å²) in [5.41, 5.74) is 1.62. The van der Waals surface area contributed by atoms with Crippen LogP contribution in [0, 0.1) is 5.92 Å². The van der Waals surface area contributed by atoms with Crippen LogP contribution in [0.2, 0.25) is 0 Å². The molecule has 0 radical (unpaired) electrons. The number of rotatable bonds is 4. The van der Waals surface area contributed by atoms with Crippen LogP contribution in [0.5, 0.6) is 0 Å². The first-order chi connectivity index (χ1) is 12.1. The van der Waals surface area contributed by atoms with Crippen LogP contribution in [0.25, 0.3) is 0 Å². The van der Waals surface area contributed by atoms with Crippen LogP contribution < -0.4 is 4.90 Å². The third-order valence-electron chi connectivity index (χ3n) is 4.22. The fourth-order valence-electron chi connectivity index (χ4n) is 2.90. The van der Waals surface area contributed by atoms with Crippen LogP contribution in [-0.4, -0.2) is 66.2 Å². The number of carbonyl (C=O) groups is 1. The number of nitrogens with zero attached hydrogens (tertiary/aromatic N) is 5. The molecule has 3 heterocycles. The molecule has 7 nitrogen and oxygen atoms in total. The standard InChI is InChI=1S/C18H23N5O2/c1-22(2)17-10-16(20-13-21-17)9-14-11-23(7-8-25-12-14)18(24)15-3-5-19-6-4-15/h3-6,10,13-14H,7-9,11-12H2,1-2H3. The second-order valence-corrected chi connectivity index (χ2v) is 6.39. The molecule has 25 heavy (non-hydrogen) atoms. The van der Waals surface area contributed by atoms with Crippen molar-refractivity contribution in [2.24, 2.45) is 5.92 Å². The van der Waals surface area contributed by atoms with E-state index in [-0.39, 0.29) is 11.8 Å². The Morgan fingerprint density at radius 1 is 1.32 bits per heavy atom. The summed E-state index contributed by atoms with van der Waals surface area (Å²) in [6, 6.07) is 5.48. The minimum atomic E-state index is 0.0227. The van der Waals surface area contributed by atoms with Crippen LogP contribution in [0.1, 0.15) is 16.1 Å². The van der Waals surface area contributed by atoms with Crippen molar-refractivity contribution >= 4 is 11.7 Å². The van der Waals surface area contributed by atoms with Gasteiger partial charge in [0, 0.05) is 62.8 Å². The molecule has 0 saturated carbocycles. The number of pyridine rings is 1. The molecule has 1 saturated heterocycles. The molecule has 132 valence electrons. The molecule has 0 N–H and O–H groups in total. The first-order valence-corrected chi connectivity index (χ1v) is 8.39. The molecular formula is C18H23N5O2. The predicted octanol–water partition coefficient (Wildman–Crippen LogP) is 1.27. The molecule has 1 unspecified atom stereocenters. The maximum Gasteiger partial charge on any atom is 0.254 e. The first-order valence-electron chi connectivity index (χ1n) is 8.39. The third kappa shape index (κ3) is 4.51. The Morgan fingerprint density at radius 2 is 2.12 bits per heavy atom. The summed E-state index contributed by atoms with van der Waals surface area (Å²) in [5, 5.41) is 0. The Bertz CT molecular complexity index is 708. The van der Waals surface area contributed by atoms with Gasteiger partial charge in [0.15, 0.2) is 0 Å². The largest absolute Gasteiger partial charge is 0.379 e. The Morgan fingerprint density at radius 3 is 2.88 bits per heavy atom. The van der Waals surface area contributed by atoms with E-state index < -0.39 is 0 Å². The van der Waals surface area contributed by atoms with Crippen LogP contribution in [0.3, 0.4) is 0 Å². The van der Waals surface area contributed by atoms with Gasteiger partial charge in [-0.2, -0.15) is 0 Å². The highest BCUT2D eigenvalue weighted by Gasteiger charge is 2.24. The summed E-state index contributed by atoms with van der Waals surface area (Å²) in [5.74, 6) is 1.11. The molecular weight excluding hydrogens is 318 g/mol. The summed E-state index contributed by atoms with van der Waals surface area (Å²) < 4.78 is 5.71. The van der Waals surface area contributed by atoms with Crippen molar-refractivity contribution in [2.75, 3.05) is 45.3 Å². The average Bonchev–Trinajstić information content (AvgIpc) is 2.87. The fourth-order valence-corrected chi connectivity index (χ4v) is 2.90. The summed E-state index contributed by atoms with van der Waals surface area (Å²) in [7, 11) is 3.91. The zero-order valence-corrected chi connectivity index (χ0v) is 14.6. The predicted molar refractivity (Wildman–Crippen MR) is 94.5 cm³/mol. The van der Waals surface area contributed by atoms with Gasteiger partial charge in [-0.1, -0.05) is 0 Å². The molecule has 7 heteroatoms. The van der Waals surface area contributed by atoms with Crippen LogP contribution >= 0.6 is 0 Å². The van der Waals surface area contributed by atoms with Crippen molar-refractivity contribution in [1.82, 2.24) is 19.9 Å². The average molecular weight is 341 g/mol. The minimum absolute atomic E-state index is 0.0227. The van der Waals surface area contributed by atoms with Gasteiger partial charge < -0.3 is 14.5 Å². The van der Waals surface area contributed by atoms with E-state index in [1.54, 1.807) is 30.9 Å². The van der Waals surface area contributed by atoms with Gasteiger partial charge in [0.1, 0.15) is 12.1 Å². The van der Waals surface area contributed by atoms with E-state index in [2.05, 4.69) is 15.0 Å². The van der Waals surface area contributed by atoms with E-state index in [0.29, 0.717) is 31.9 Å². The monoisotopic (exact) mass is 341 g/mol. The molecule has 1 fully saturated rings. The summed E-state index contributed by atoms with van der Waals surface area (Å²) >= 11 is 0. The van der Waals surface area contributed by atoms with E-state index in [1.807, 2.05) is 30.0 Å². The Labute approximate surface area is 147 Å². The summed E-state index contributed by atoms with van der Waals surface area (Å²) in [4.78, 5) is 29.1. The van der Waals surface area contributed by atoms with Crippen LogP contribution in [0.15, 0.2) is 36.9 Å². The molecule has 1 aliphatic rings. The lowest BCUT2D eigenvalue weighted by molar-refractivity contribution is 0.0737. The molecule has 0 aliphatic carbocycles. The van der Waals surface area contributed by atoms with E-state index in [0.717, 1.165) is 17.9 Å². The fraction of sp³-hybridized carbons (Fsp3) is 0.444. The quantitative estimate of drug-likeness (QED) is 0.834. The summed E-state index contributed by atoms with van der Waals surface area (Å²) in [6.45, 7) is 2.44. The molecule has 2 aromatic rings. The van der Waals surface area contributed by atoms with Crippen molar-refractivity contribution in [3.63, 3.8) is 0 Å². The maximum absolute atomic E-state index is 12.7. The number of hydrogen-bond donors (Lipinski definition) is 0. The van der Waals surface area contributed by atoms with E-state index in [9.17, 15) is 4.79 Å². The van der Waals surface area contributed by atoms with Crippen molar-refractivity contribution in [3.8, 4) is 0 Å². The highest BCUT2D eigenvalue weighted by Crippen LogP contribution is 2.16. The molecule has 1 aliphatic heterocycles. The minimum Gasteiger partial charge on any atom is -0.379 e. The number of aromatic nitrogens is 3. The van der Waals surface area contributed by atoms with E-state index >= 15 is 0 Å². The zero-order valence-electron chi connectivity index (χ0n) is 14.6. The van der Waals surface area contributed by atoms with Gasteiger partial charge in [0.2, 0.25) is 0 Å². The highest BCUT2D eigenvalue weighted by molar-refractivity contribution is 5.94. The number of hydrogen-bond acceptors (Lipinski definition) is 6. The summed E-state index contributed by atoms with van der Waals surface area (Å²) in [6.07, 6.45) is 5.62. The van der Waals surface area contributed by atoms with Gasteiger partial charge in [-0.3, -0.25) is 9.78 Å². The van der Waals surface area contributed by atoms with Gasteiger partial charge in [0.25, 0.3) is 5.91 Å².